The predicted octanol–water partition coefficient (Wildman–Crippen LogP) is 3.85. The van der Waals surface area contributed by atoms with Gasteiger partial charge in [0.25, 0.3) is 0 Å². The first-order valence-electron chi connectivity index (χ1n) is 6.44. The van der Waals surface area contributed by atoms with Crippen molar-refractivity contribution in [1.29, 1.82) is 0 Å². The van der Waals surface area contributed by atoms with Gasteiger partial charge in [0.2, 0.25) is 0 Å². The third-order valence-electron chi connectivity index (χ3n) is 2.72. The number of rotatable bonds is 3. The number of hydrogen-bond donors (Lipinski definition) is 1. The van der Waals surface area contributed by atoms with Crippen molar-refractivity contribution >= 4 is 23.5 Å². The minimum atomic E-state index is 0.428. The lowest BCUT2D eigenvalue weighted by atomic mass is 10.3. The van der Waals surface area contributed by atoms with Crippen LogP contribution in [0.25, 0.3) is 0 Å². The maximum atomic E-state index is 4.44. The van der Waals surface area contributed by atoms with Crippen LogP contribution in [-0.2, 0) is 0 Å². The molecule has 0 aromatic carbocycles. The maximum Gasteiger partial charge on any atom is 0.0963 e. The molecule has 19 heavy (non-hydrogen) atoms. The number of aromatic nitrogens is 1. The van der Waals surface area contributed by atoms with Gasteiger partial charge < -0.3 is 5.32 Å². The summed E-state index contributed by atoms with van der Waals surface area (Å²) in [5.74, 6) is 6.27. The van der Waals surface area contributed by atoms with Crippen LogP contribution < -0.4 is 5.32 Å². The molecule has 0 saturated carbocycles. The fourth-order valence-corrected chi connectivity index (χ4v) is 2.98. The molecule has 1 aromatic heterocycles. The second-order valence-corrected chi connectivity index (χ2v) is 7.10. The van der Waals surface area contributed by atoms with E-state index in [1.165, 1.54) is 0 Å². The smallest absolute Gasteiger partial charge is 0.0963 e. The maximum absolute atomic E-state index is 4.44. The fourth-order valence-electron chi connectivity index (χ4n) is 1.48. The Kier molecular flexibility index (Phi) is 5.24. The molecule has 2 rings (SSSR count). The number of thioether (sulfide) groups is 2. The van der Waals surface area contributed by atoms with Crippen molar-refractivity contribution in [3.05, 3.63) is 35.0 Å². The normalized spacial score (nSPS) is 19.1. The van der Waals surface area contributed by atoms with Crippen molar-refractivity contribution in [2.24, 2.45) is 0 Å². The lowest BCUT2D eigenvalue weighted by Crippen LogP contribution is -2.15. The highest BCUT2D eigenvalue weighted by Gasteiger charge is 2.08. The van der Waals surface area contributed by atoms with Crippen molar-refractivity contribution in [3.63, 3.8) is 0 Å². The summed E-state index contributed by atoms with van der Waals surface area (Å²) in [6, 6.07) is 4.09. The molecule has 0 aliphatic carbocycles. The number of nitrogens with one attached hydrogen (secondary N) is 1. The van der Waals surface area contributed by atoms with Gasteiger partial charge in [-0.05, 0) is 31.4 Å². The van der Waals surface area contributed by atoms with Crippen molar-refractivity contribution in [3.8, 4) is 11.8 Å². The Morgan fingerprint density at radius 1 is 1.47 bits per heavy atom. The first-order chi connectivity index (χ1) is 9.17. The van der Waals surface area contributed by atoms with Gasteiger partial charge >= 0.3 is 0 Å². The molecule has 0 amide bonds. The topological polar surface area (TPSA) is 24.9 Å². The average molecular weight is 290 g/mol. The number of hydrogen-bond acceptors (Lipinski definition) is 4. The third kappa shape index (κ3) is 4.52. The van der Waals surface area contributed by atoms with Gasteiger partial charge in [0.05, 0.1) is 16.1 Å². The van der Waals surface area contributed by atoms with Gasteiger partial charge in [0, 0.05) is 22.4 Å². The Morgan fingerprint density at radius 3 is 2.89 bits per heavy atom. The van der Waals surface area contributed by atoms with Crippen LogP contribution in [0.15, 0.2) is 34.5 Å². The molecule has 0 spiro atoms. The molecule has 1 aliphatic rings. The van der Waals surface area contributed by atoms with Crippen LogP contribution >= 0.6 is 23.5 Å². The lowest BCUT2D eigenvalue weighted by Gasteiger charge is -2.06. The molecular weight excluding hydrogens is 272 g/mol. The molecule has 0 bridgehead atoms. The van der Waals surface area contributed by atoms with Gasteiger partial charge in [-0.3, -0.25) is 0 Å². The number of pyridine rings is 1. The minimum Gasteiger partial charge on any atom is -0.366 e. The van der Waals surface area contributed by atoms with Crippen LogP contribution in [0, 0.1) is 11.8 Å². The van der Waals surface area contributed by atoms with E-state index in [4.69, 9.17) is 0 Å². The molecule has 100 valence electrons. The molecule has 0 fully saturated rings. The Morgan fingerprint density at radius 2 is 2.32 bits per heavy atom. The van der Waals surface area contributed by atoms with Crippen LogP contribution in [0.1, 0.15) is 32.8 Å². The van der Waals surface area contributed by atoms with E-state index in [1.54, 1.807) is 11.8 Å². The molecule has 1 aromatic rings. The van der Waals surface area contributed by atoms with Crippen LogP contribution in [0.2, 0.25) is 0 Å². The molecule has 2 nitrogen and oxygen atoms in total. The van der Waals surface area contributed by atoms with E-state index >= 15 is 0 Å². The first-order valence-corrected chi connectivity index (χ1v) is 8.26. The monoisotopic (exact) mass is 290 g/mol. The van der Waals surface area contributed by atoms with E-state index in [-0.39, 0.29) is 0 Å². The van der Waals surface area contributed by atoms with E-state index in [2.05, 4.69) is 54.4 Å². The van der Waals surface area contributed by atoms with Gasteiger partial charge in [0.1, 0.15) is 0 Å². The molecule has 2 atom stereocenters. The average Bonchev–Trinajstić information content (AvgIpc) is 2.83. The van der Waals surface area contributed by atoms with Crippen LogP contribution in [0.5, 0.6) is 0 Å². The molecule has 0 radical (unpaired) electrons. The number of allylic oxidation sites excluding steroid dienone is 1. The Labute approximate surface area is 123 Å². The molecule has 2 heterocycles. The van der Waals surface area contributed by atoms with E-state index in [1.807, 2.05) is 24.0 Å². The summed E-state index contributed by atoms with van der Waals surface area (Å²) in [7, 11) is 0. The fraction of sp³-hybridized carbons (Fsp3) is 0.400. The van der Waals surface area contributed by atoms with E-state index in [0.717, 1.165) is 22.7 Å². The van der Waals surface area contributed by atoms with Crippen molar-refractivity contribution in [2.75, 3.05) is 0 Å². The summed E-state index contributed by atoms with van der Waals surface area (Å²) in [5.41, 5.74) is 1.95. The summed E-state index contributed by atoms with van der Waals surface area (Å²) in [4.78, 5) is 4.44. The summed E-state index contributed by atoms with van der Waals surface area (Å²) >= 11 is 3.57. The van der Waals surface area contributed by atoms with Crippen LogP contribution in [0.4, 0.5) is 0 Å². The predicted molar refractivity (Wildman–Crippen MR) is 85.0 cm³/mol. The lowest BCUT2D eigenvalue weighted by molar-refractivity contribution is 0.847. The molecule has 4 heteroatoms. The molecule has 2 unspecified atom stereocenters. The van der Waals surface area contributed by atoms with Crippen molar-refractivity contribution in [2.45, 2.75) is 42.8 Å². The molecule has 1 N–H and O–H groups in total. The van der Waals surface area contributed by atoms with Gasteiger partial charge in [0.15, 0.2) is 0 Å². The quantitative estimate of drug-likeness (QED) is 0.675. The zero-order valence-electron chi connectivity index (χ0n) is 11.4. The van der Waals surface area contributed by atoms with Crippen LogP contribution in [0.3, 0.4) is 0 Å². The molecule has 1 aliphatic heterocycles. The second-order valence-electron chi connectivity index (χ2n) is 4.43. The SMILES string of the molecule is CCC(C)Sc1ccc(C#CC2=CSC(C)N2)cn1. The van der Waals surface area contributed by atoms with E-state index in [0.29, 0.717) is 10.6 Å². The highest BCUT2D eigenvalue weighted by atomic mass is 32.2. The summed E-state index contributed by atoms with van der Waals surface area (Å²) in [5, 5.41) is 7.47. The Bertz CT molecular complexity index is 511. The third-order valence-corrected chi connectivity index (χ3v) is 4.84. The molecular formula is C15H18N2S2. The zero-order valence-corrected chi connectivity index (χ0v) is 13.1. The van der Waals surface area contributed by atoms with Crippen molar-refractivity contribution in [1.82, 2.24) is 10.3 Å². The van der Waals surface area contributed by atoms with E-state index < -0.39 is 0 Å². The van der Waals surface area contributed by atoms with Crippen LogP contribution in [-0.4, -0.2) is 15.6 Å². The van der Waals surface area contributed by atoms with Gasteiger partial charge in [-0.15, -0.1) is 23.5 Å². The minimum absolute atomic E-state index is 0.428. The number of nitrogens with zero attached hydrogens (tertiary/aromatic N) is 1. The zero-order chi connectivity index (χ0) is 13.7. The van der Waals surface area contributed by atoms with Gasteiger partial charge in [-0.2, -0.15) is 0 Å². The Balaban J connectivity index is 1.97. The largest absolute Gasteiger partial charge is 0.366 e. The van der Waals surface area contributed by atoms with Crippen molar-refractivity contribution < 1.29 is 0 Å². The Hall–Kier alpha value is -1.05. The first kappa shape index (κ1) is 14.4. The van der Waals surface area contributed by atoms with E-state index in [9.17, 15) is 0 Å². The summed E-state index contributed by atoms with van der Waals surface area (Å²) in [6.07, 6.45) is 3.01. The highest BCUT2D eigenvalue weighted by molar-refractivity contribution is 8.02. The molecule has 0 saturated heterocycles. The highest BCUT2D eigenvalue weighted by Crippen LogP contribution is 2.23. The van der Waals surface area contributed by atoms with Gasteiger partial charge in [-0.25, -0.2) is 4.98 Å². The second kappa shape index (κ2) is 6.93. The summed E-state index contributed by atoms with van der Waals surface area (Å²) < 4.78 is 0. The standard InChI is InChI=1S/C15H18N2S2/c1-4-11(2)19-15-8-6-13(9-16-15)5-7-14-10-18-12(3)17-14/h6,8-12,17H,4H2,1-3H3. The van der Waals surface area contributed by atoms with Gasteiger partial charge in [-0.1, -0.05) is 19.8 Å². The summed E-state index contributed by atoms with van der Waals surface area (Å²) in [6.45, 7) is 6.54.